The summed E-state index contributed by atoms with van der Waals surface area (Å²) in [4.78, 5) is 14.5. The Morgan fingerprint density at radius 2 is 1.96 bits per heavy atom. The van der Waals surface area contributed by atoms with E-state index in [9.17, 15) is 0 Å². The van der Waals surface area contributed by atoms with Gasteiger partial charge in [0, 0.05) is 55.5 Å². The van der Waals surface area contributed by atoms with Crippen molar-refractivity contribution in [3.63, 3.8) is 0 Å². The fourth-order valence-electron chi connectivity index (χ4n) is 3.54. The van der Waals surface area contributed by atoms with Crippen molar-refractivity contribution in [2.75, 3.05) is 37.6 Å². The molecule has 0 unspecified atom stereocenters. The third-order valence-corrected chi connectivity index (χ3v) is 6.97. The highest BCUT2D eigenvalue weighted by Gasteiger charge is 2.53. The number of aromatic nitrogens is 1. The molecule has 2 saturated heterocycles. The molecule has 148 valence electrons. The molecule has 2 aliphatic rings. The van der Waals surface area contributed by atoms with Crippen molar-refractivity contribution in [1.29, 1.82) is 0 Å². The molecule has 3 heterocycles. The fourth-order valence-corrected chi connectivity index (χ4v) is 4.45. The minimum atomic E-state index is 0. The summed E-state index contributed by atoms with van der Waals surface area (Å²) in [7, 11) is 0. The third-order valence-electron chi connectivity index (χ3n) is 6.02. The van der Waals surface area contributed by atoms with Gasteiger partial charge in [0.05, 0.1) is 5.69 Å². The minimum Gasteiger partial charge on any atom is -0.356 e. The van der Waals surface area contributed by atoms with Gasteiger partial charge in [0.25, 0.3) is 0 Å². The SMILES string of the molecule is CCNC(=NCCc1csc(N2CCCC2)n1)N1CC(C)(C)C1(C)C.I. The normalized spacial score (nSPS) is 21.3. The van der Waals surface area contributed by atoms with Crippen LogP contribution in [0.25, 0.3) is 0 Å². The highest BCUT2D eigenvalue weighted by molar-refractivity contribution is 14.0. The molecule has 3 rings (SSSR count). The van der Waals surface area contributed by atoms with Gasteiger partial charge in [0.2, 0.25) is 0 Å². The molecular weight excluding hydrogens is 457 g/mol. The van der Waals surface area contributed by atoms with E-state index < -0.39 is 0 Å². The van der Waals surface area contributed by atoms with Gasteiger partial charge < -0.3 is 15.1 Å². The lowest BCUT2D eigenvalue weighted by Gasteiger charge is -2.62. The molecule has 1 aromatic heterocycles. The molecule has 1 N–H and O–H groups in total. The zero-order valence-corrected chi connectivity index (χ0v) is 20.0. The number of thiazole rings is 1. The lowest BCUT2D eigenvalue weighted by atomic mass is 9.65. The Morgan fingerprint density at radius 1 is 1.27 bits per heavy atom. The van der Waals surface area contributed by atoms with Gasteiger partial charge in [-0.25, -0.2) is 4.98 Å². The summed E-state index contributed by atoms with van der Waals surface area (Å²) in [6.45, 7) is 16.5. The summed E-state index contributed by atoms with van der Waals surface area (Å²) in [5.41, 5.74) is 1.63. The van der Waals surface area contributed by atoms with Crippen LogP contribution in [0, 0.1) is 5.41 Å². The molecular formula is C19H34IN5S. The average Bonchev–Trinajstić information content (AvgIpc) is 3.23. The number of aliphatic imine (C=N–C) groups is 1. The minimum absolute atomic E-state index is 0. The molecule has 0 radical (unpaired) electrons. The Labute approximate surface area is 179 Å². The molecule has 2 aliphatic heterocycles. The van der Waals surface area contributed by atoms with E-state index in [2.05, 4.69) is 55.1 Å². The maximum atomic E-state index is 4.88. The number of nitrogens with zero attached hydrogens (tertiary/aromatic N) is 4. The Balaban J connectivity index is 0.00000243. The van der Waals surface area contributed by atoms with E-state index in [0.29, 0.717) is 5.41 Å². The molecule has 26 heavy (non-hydrogen) atoms. The van der Waals surface area contributed by atoms with Crippen molar-refractivity contribution in [3.05, 3.63) is 11.1 Å². The summed E-state index contributed by atoms with van der Waals surface area (Å²) in [5, 5.41) is 6.85. The molecule has 0 atom stereocenters. The van der Waals surface area contributed by atoms with E-state index in [1.807, 2.05) is 0 Å². The first-order chi connectivity index (χ1) is 11.8. The molecule has 2 fully saturated rings. The number of anilines is 1. The number of hydrogen-bond acceptors (Lipinski definition) is 4. The molecule has 0 aliphatic carbocycles. The monoisotopic (exact) mass is 491 g/mol. The van der Waals surface area contributed by atoms with Gasteiger partial charge in [-0.15, -0.1) is 35.3 Å². The third kappa shape index (κ3) is 4.29. The number of likely N-dealkylation sites (tertiary alicyclic amines) is 1. The first kappa shape index (κ1) is 21.7. The molecule has 7 heteroatoms. The second-order valence-electron chi connectivity index (χ2n) is 8.33. The van der Waals surface area contributed by atoms with Crippen LogP contribution in [0.5, 0.6) is 0 Å². The highest BCUT2D eigenvalue weighted by atomic mass is 127. The van der Waals surface area contributed by atoms with Gasteiger partial charge in [0.15, 0.2) is 11.1 Å². The Hall–Kier alpha value is -0.570. The zero-order chi connectivity index (χ0) is 18.1. The quantitative estimate of drug-likeness (QED) is 0.385. The average molecular weight is 491 g/mol. The first-order valence-corrected chi connectivity index (χ1v) is 10.5. The van der Waals surface area contributed by atoms with E-state index in [1.165, 1.54) is 23.7 Å². The summed E-state index contributed by atoms with van der Waals surface area (Å²) < 4.78 is 0. The van der Waals surface area contributed by atoms with Crippen molar-refractivity contribution >= 4 is 46.4 Å². The van der Waals surface area contributed by atoms with Gasteiger partial charge in [-0.1, -0.05) is 13.8 Å². The molecule has 0 bridgehead atoms. The van der Waals surface area contributed by atoms with Crippen LogP contribution in [-0.4, -0.2) is 54.1 Å². The Morgan fingerprint density at radius 3 is 2.54 bits per heavy atom. The van der Waals surface area contributed by atoms with Crippen LogP contribution in [0.3, 0.4) is 0 Å². The van der Waals surface area contributed by atoms with Crippen molar-refractivity contribution in [2.24, 2.45) is 10.4 Å². The predicted molar refractivity (Wildman–Crippen MR) is 123 cm³/mol. The number of halogens is 1. The number of nitrogens with one attached hydrogen (secondary N) is 1. The van der Waals surface area contributed by atoms with Crippen LogP contribution in [0.15, 0.2) is 10.4 Å². The number of hydrogen-bond donors (Lipinski definition) is 1. The first-order valence-electron chi connectivity index (χ1n) is 9.60. The molecule has 0 aromatic carbocycles. The highest BCUT2D eigenvalue weighted by Crippen LogP contribution is 2.46. The van der Waals surface area contributed by atoms with E-state index in [1.54, 1.807) is 11.3 Å². The summed E-state index contributed by atoms with van der Waals surface area (Å²) in [6, 6.07) is 0. The van der Waals surface area contributed by atoms with E-state index in [-0.39, 0.29) is 29.5 Å². The van der Waals surface area contributed by atoms with Crippen LogP contribution in [0.4, 0.5) is 5.13 Å². The van der Waals surface area contributed by atoms with Gasteiger partial charge in [-0.2, -0.15) is 0 Å². The largest absolute Gasteiger partial charge is 0.356 e. The second kappa shape index (κ2) is 8.63. The summed E-state index contributed by atoms with van der Waals surface area (Å²) >= 11 is 1.78. The molecule has 0 amide bonds. The Kier molecular flexibility index (Phi) is 7.21. The van der Waals surface area contributed by atoms with Crippen LogP contribution in [0.2, 0.25) is 0 Å². The van der Waals surface area contributed by atoms with Crippen LogP contribution in [-0.2, 0) is 6.42 Å². The number of rotatable bonds is 5. The predicted octanol–water partition coefficient (Wildman–Crippen LogP) is 3.99. The van der Waals surface area contributed by atoms with Gasteiger partial charge >= 0.3 is 0 Å². The van der Waals surface area contributed by atoms with Crippen molar-refractivity contribution in [3.8, 4) is 0 Å². The molecule has 5 nitrogen and oxygen atoms in total. The maximum absolute atomic E-state index is 4.88. The van der Waals surface area contributed by atoms with Gasteiger partial charge in [-0.05, 0) is 33.6 Å². The zero-order valence-electron chi connectivity index (χ0n) is 16.8. The summed E-state index contributed by atoms with van der Waals surface area (Å²) in [6.07, 6.45) is 3.51. The molecule has 0 spiro atoms. The van der Waals surface area contributed by atoms with Crippen molar-refractivity contribution in [1.82, 2.24) is 15.2 Å². The Bertz CT molecular complexity index is 619. The standard InChI is InChI=1S/C19H33N5S.HI/c1-6-20-16(24-14-18(2,3)19(24,4)5)21-10-9-15-13-25-17(22-15)23-11-7-8-12-23;/h13H,6-12,14H2,1-5H3,(H,20,21);1H. The lowest BCUT2D eigenvalue weighted by molar-refractivity contribution is -0.0667. The van der Waals surface area contributed by atoms with Gasteiger partial charge in [-0.3, -0.25) is 4.99 Å². The van der Waals surface area contributed by atoms with Crippen LogP contribution >= 0.6 is 35.3 Å². The lowest BCUT2D eigenvalue weighted by Crippen LogP contribution is -2.72. The summed E-state index contributed by atoms with van der Waals surface area (Å²) in [5.74, 6) is 1.04. The van der Waals surface area contributed by atoms with Gasteiger partial charge in [0.1, 0.15) is 0 Å². The van der Waals surface area contributed by atoms with E-state index in [0.717, 1.165) is 45.1 Å². The van der Waals surface area contributed by atoms with Crippen molar-refractivity contribution in [2.45, 2.75) is 59.4 Å². The van der Waals surface area contributed by atoms with Crippen LogP contribution in [0.1, 0.15) is 53.2 Å². The molecule has 1 aromatic rings. The van der Waals surface area contributed by atoms with E-state index >= 15 is 0 Å². The fraction of sp³-hybridized carbons (Fsp3) is 0.789. The maximum Gasteiger partial charge on any atom is 0.194 e. The van der Waals surface area contributed by atoms with Crippen molar-refractivity contribution < 1.29 is 0 Å². The smallest absolute Gasteiger partial charge is 0.194 e. The van der Waals surface area contributed by atoms with Crippen LogP contribution < -0.4 is 10.2 Å². The second-order valence-corrected chi connectivity index (χ2v) is 9.17. The molecule has 0 saturated carbocycles. The van der Waals surface area contributed by atoms with E-state index in [4.69, 9.17) is 9.98 Å². The number of guanidine groups is 1. The topological polar surface area (TPSA) is 43.8 Å².